The van der Waals surface area contributed by atoms with Gasteiger partial charge >= 0.3 is 0 Å². The molecule has 0 saturated heterocycles. The van der Waals surface area contributed by atoms with E-state index in [9.17, 15) is 0 Å². The van der Waals surface area contributed by atoms with Gasteiger partial charge in [-0.1, -0.05) is 47.5 Å². The molecular formula is C15H10Cl2N. The SMILES string of the molecule is Clc1ccc(Cn2[c]cc3ccccc32)c(Cl)c1. The molecule has 1 heterocycles. The number of benzene rings is 2. The fourth-order valence-corrected chi connectivity index (χ4v) is 2.49. The van der Waals surface area contributed by atoms with E-state index in [-0.39, 0.29) is 0 Å². The summed E-state index contributed by atoms with van der Waals surface area (Å²) in [5.74, 6) is 0. The number of hydrogen-bond donors (Lipinski definition) is 0. The van der Waals surface area contributed by atoms with Crippen LogP contribution in [-0.2, 0) is 6.54 Å². The lowest BCUT2D eigenvalue weighted by Gasteiger charge is -2.07. The molecule has 0 aliphatic rings. The Labute approximate surface area is 116 Å². The van der Waals surface area contributed by atoms with Gasteiger partial charge in [0.1, 0.15) is 0 Å². The van der Waals surface area contributed by atoms with E-state index in [0.717, 1.165) is 11.1 Å². The fraction of sp³-hybridized carbons (Fsp3) is 0.0667. The molecule has 0 aliphatic heterocycles. The zero-order valence-electron chi connectivity index (χ0n) is 9.53. The molecule has 89 valence electrons. The van der Waals surface area contributed by atoms with Crippen molar-refractivity contribution in [1.29, 1.82) is 0 Å². The molecule has 3 heteroatoms. The molecule has 3 aromatic rings. The molecule has 0 saturated carbocycles. The molecule has 18 heavy (non-hydrogen) atoms. The van der Waals surface area contributed by atoms with E-state index >= 15 is 0 Å². The molecule has 2 aromatic carbocycles. The van der Waals surface area contributed by atoms with Gasteiger partial charge in [-0.05, 0) is 29.8 Å². The summed E-state index contributed by atoms with van der Waals surface area (Å²) >= 11 is 12.1. The van der Waals surface area contributed by atoms with Gasteiger partial charge in [0.2, 0.25) is 0 Å². The van der Waals surface area contributed by atoms with E-state index < -0.39 is 0 Å². The van der Waals surface area contributed by atoms with Crippen LogP contribution >= 0.6 is 23.2 Å². The predicted octanol–water partition coefficient (Wildman–Crippen LogP) is 4.80. The lowest BCUT2D eigenvalue weighted by atomic mass is 10.2. The average Bonchev–Trinajstić information content (AvgIpc) is 2.76. The summed E-state index contributed by atoms with van der Waals surface area (Å²) in [6, 6.07) is 15.8. The molecule has 1 nitrogen and oxygen atoms in total. The number of para-hydroxylation sites is 1. The summed E-state index contributed by atoms with van der Waals surface area (Å²) in [6.07, 6.45) is 3.23. The lowest BCUT2D eigenvalue weighted by Crippen LogP contribution is -1.98. The maximum atomic E-state index is 6.19. The van der Waals surface area contributed by atoms with Crippen molar-refractivity contribution < 1.29 is 0 Å². The van der Waals surface area contributed by atoms with Crippen molar-refractivity contribution in [2.75, 3.05) is 0 Å². The maximum Gasteiger partial charge on any atom is 0.0662 e. The van der Waals surface area contributed by atoms with Crippen LogP contribution in [0.4, 0.5) is 0 Å². The van der Waals surface area contributed by atoms with Crippen molar-refractivity contribution in [2.45, 2.75) is 6.54 Å². The first kappa shape index (κ1) is 11.6. The molecule has 0 amide bonds. The maximum absolute atomic E-state index is 6.19. The van der Waals surface area contributed by atoms with Crippen LogP contribution < -0.4 is 0 Å². The minimum absolute atomic E-state index is 0.657. The lowest BCUT2D eigenvalue weighted by molar-refractivity contribution is 0.830. The third-order valence-corrected chi connectivity index (χ3v) is 3.53. The molecule has 3 rings (SSSR count). The number of rotatable bonds is 2. The van der Waals surface area contributed by atoms with Crippen LogP contribution in [0.3, 0.4) is 0 Å². The minimum atomic E-state index is 0.657. The Hall–Kier alpha value is -1.44. The molecule has 0 spiro atoms. The van der Waals surface area contributed by atoms with Gasteiger partial charge in [0.05, 0.1) is 6.20 Å². The summed E-state index contributed by atoms with van der Waals surface area (Å²) in [5.41, 5.74) is 2.20. The minimum Gasteiger partial charge on any atom is -0.335 e. The zero-order valence-corrected chi connectivity index (χ0v) is 11.0. The number of fused-ring (bicyclic) bond motifs is 1. The van der Waals surface area contributed by atoms with Gasteiger partial charge in [0.25, 0.3) is 0 Å². The summed E-state index contributed by atoms with van der Waals surface area (Å²) in [6.45, 7) is 0.698. The van der Waals surface area contributed by atoms with E-state index in [4.69, 9.17) is 23.2 Å². The zero-order chi connectivity index (χ0) is 12.5. The van der Waals surface area contributed by atoms with Crippen molar-refractivity contribution in [2.24, 2.45) is 0 Å². The van der Waals surface area contributed by atoms with E-state index in [1.54, 1.807) is 6.07 Å². The number of nitrogens with zero attached hydrogens (tertiary/aromatic N) is 1. The third kappa shape index (κ3) is 2.12. The summed E-state index contributed by atoms with van der Waals surface area (Å²) in [5, 5.41) is 2.53. The van der Waals surface area contributed by atoms with Gasteiger partial charge in [-0.2, -0.15) is 0 Å². The Balaban J connectivity index is 2.01. The molecular weight excluding hydrogens is 265 g/mol. The van der Waals surface area contributed by atoms with Crippen LogP contribution in [0.5, 0.6) is 0 Å². The second-order valence-electron chi connectivity index (χ2n) is 4.15. The topological polar surface area (TPSA) is 4.93 Å². The highest BCUT2D eigenvalue weighted by molar-refractivity contribution is 6.35. The standard InChI is InChI=1S/C15H10Cl2N/c16-13-6-5-12(14(17)9-13)10-18-8-7-11-3-1-2-4-15(11)18/h1-7,9H,10H2. The van der Waals surface area contributed by atoms with Gasteiger partial charge in [0, 0.05) is 27.5 Å². The van der Waals surface area contributed by atoms with Gasteiger partial charge in [-0.25, -0.2) is 0 Å². The van der Waals surface area contributed by atoms with Crippen LogP contribution in [0.25, 0.3) is 10.9 Å². The van der Waals surface area contributed by atoms with Crippen LogP contribution in [-0.4, -0.2) is 4.57 Å². The van der Waals surface area contributed by atoms with Crippen molar-refractivity contribution in [3.8, 4) is 0 Å². The van der Waals surface area contributed by atoms with E-state index in [1.807, 2.05) is 30.3 Å². The molecule has 0 fully saturated rings. The first-order chi connectivity index (χ1) is 8.74. The average molecular weight is 275 g/mol. The van der Waals surface area contributed by atoms with Crippen LogP contribution in [0.1, 0.15) is 5.56 Å². The molecule has 0 bridgehead atoms. The van der Waals surface area contributed by atoms with E-state index in [0.29, 0.717) is 16.6 Å². The van der Waals surface area contributed by atoms with E-state index in [1.165, 1.54) is 5.39 Å². The quantitative estimate of drug-likeness (QED) is 0.633. The first-order valence-corrected chi connectivity index (χ1v) is 6.39. The summed E-state index contributed by atoms with van der Waals surface area (Å²) in [4.78, 5) is 0. The highest BCUT2D eigenvalue weighted by atomic mass is 35.5. The van der Waals surface area contributed by atoms with Gasteiger partial charge in [-0.3, -0.25) is 0 Å². The van der Waals surface area contributed by atoms with E-state index in [2.05, 4.69) is 22.9 Å². The first-order valence-electron chi connectivity index (χ1n) is 5.64. The Morgan fingerprint density at radius 3 is 2.72 bits per heavy atom. The molecule has 0 aliphatic carbocycles. The fourth-order valence-electron chi connectivity index (χ4n) is 2.02. The molecule has 0 N–H and O–H groups in total. The normalized spacial score (nSPS) is 11.0. The second-order valence-corrected chi connectivity index (χ2v) is 5.00. The van der Waals surface area contributed by atoms with Crippen molar-refractivity contribution in [1.82, 2.24) is 4.57 Å². The largest absolute Gasteiger partial charge is 0.335 e. The van der Waals surface area contributed by atoms with Crippen LogP contribution in [0.2, 0.25) is 10.0 Å². The number of aromatic nitrogens is 1. The summed E-state index contributed by atoms with van der Waals surface area (Å²) < 4.78 is 2.06. The Bertz CT molecular complexity index is 701. The summed E-state index contributed by atoms with van der Waals surface area (Å²) in [7, 11) is 0. The molecule has 1 aromatic heterocycles. The van der Waals surface area contributed by atoms with Gasteiger partial charge in [0.15, 0.2) is 0 Å². The number of hydrogen-bond acceptors (Lipinski definition) is 0. The Kier molecular flexibility index (Phi) is 3.02. The predicted molar refractivity (Wildman–Crippen MR) is 76.3 cm³/mol. The number of halogens is 2. The van der Waals surface area contributed by atoms with Gasteiger partial charge < -0.3 is 4.57 Å². The Morgan fingerprint density at radius 2 is 1.89 bits per heavy atom. The van der Waals surface area contributed by atoms with Crippen molar-refractivity contribution in [3.05, 3.63) is 70.3 Å². The third-order valence-electron chi connectivity index (χ3n) is 2.95. The molecule has 1 radical (unpaired) electrons. The van der Waals surface area contributed by atoms with Gasteiger partial charge in [-0.15, -0.1) is 0 Å². The van der Waals surface area contributed by atoms with Crippen LogP contribution in [0, 0.1) is 6.20 Å². The highest BCUT2D eigenvalue weighted by Crippen LogP contribution is 2.23. The Morgan fingerprint density at radius 1 is 1.06 bits per heavy atom. The second kappa shape index (κ2) is 4.68. The monoisotopic (exact) mass is 274 g/mol. The van der Waals surface area contributed by atoms with Crippen molar-refractivity contribution >= 4 is 34.1 Å². The smallest absolute Gasteiger partial charge is 0.0662 e. The highest BCUT2D eigenvalue weighted by Gasteiger charge is 2.05. The molecule has 0 unspecified atom stereocenters. The molecule has 0 atom stereocenters. The van der Waals surface area contributed by atoms with Crippen LogP contribution in [0.15, 0.2) is 48.5 Å². The van der Waals surface area contributed by atoms with Crippen molar-refractivity contribution in [3.63, 3.8) is 0 Å².